The lowest BCUT2D eigenvalue weighted by molar-refractivity contribution is 0.0734. The lowest BCUT2D eigenvalue weighted by Crippen LogP contribution is -2.10. The molecule has 48 heavy (non-hydrogen) atoms. The SMILES string of the molecule is C=CC(=N)OCCCCCCOc1ccc(C(=O)Oc2ccc(-c3ccc(CCC)cc3)cc2/C=N/Nc2nc3ccccc3s2)cc1. The molecule has 0 unspecified atom stereocenters. The molecule has 0 amide bonds. The summed E-state index contributed by atoms with van der Waals surface area (Å²) in [5.74, 6) is 0.722. The highest BCUT2D eigenvalue weighted by atomic mass is 32.1. The molecule has 0 aliphatic carbocycles. The fraction of sp³-hybridized carbons (Fsp3) is 0.231. The number of hydrogen-bond acceptors (Lipinski definition) is 9. The lowest BCUT2D eigenvalue weighted by atomic mass is 10.0. The number of rotatable bonds is 17. The number of nitrogens with one attached hydrogen (secondary N) is 2. The Hall–Kier alpha value is -5.28. The fourth-order valence-corrected chi connectivity index (χ4v) is 5.80. The van der Waals surface area contributed by atoms with Crippen molar-refractivity contribution in [1.29, 1.82) is 5.41 Å². The summed E-state index contributed by atoms with van der Waals surface area (Å²) >= 11 is 1.52. The van der Waals surface area contributed by atoms with E-state index in [2.05, 4.69) is 53.3 Å². The second-order valence-corrected chi connectivity index (χ2v) is 12.2. The topological polar surface area (TPSA) is 106 Å². The maximum absolute atomic E-state index is 13.2. The predicted octanol–water partition coefficient (Wildman–Crippen LogP) is 9.70. The Bertz CT molecular complexity index is 1820. The summed E-state index contributed by atoms with van der Waals surface area (Å²) in [6.07, 6.45) is 8.96. The summed E-state index contributed by atoms with van der Waals surface area (Å²) < 4.78 is 18.0. The fourth-order valence-electron chi connectivity index (χ4n) is 4.99. The van der Waals surface area contributed by atoms with Crippen molar-refractivity contribution < 1.29 is 19.0 Å². The number of nitrogens with zero attached hydrogens (tertiary/aromatic N) is 2. The number of aryl methyl sites for hydroxylation is 1. The highest BCUT2D eigenvalue weighted by molar-refractivity contribution is 7.22. The van der Waals surface area contributed by atoms with E-state index in [1.54, 1.807) is 36.5 Å². The third-order valence-electron chi connectivity index (χ3n) is 7.54. The van der Waals surface area contributed by atoms with E-state index >= 15 is 0 Å². The number of benzene rings is 4. The molecule has 0 saturated carbocycles. The summed E-state index contributed by atoms with van der Waals surface area (Å²) in [6.45, 7) is 6.78. The van der Waals surface area contributed by atoms with Crippen LogP contribution in [0.1, 0.15) is 60.5 Å². The van der Waals surface area contributed by atoms with Gasteiger partial charge in [-0.15, -0.1) is 0 Å². The molecule has 0 saturated heterocycles. The van der Waals surface area contributed by atoms with Crippen LogP contribution in [-0.2, 0) is 11.2 Å². The maximum Gasteiger partial charge on any atom is 0.343 e. The number of carbonyl (C=O) groups is 1. The number of aromatic nitrogens is 1. The van der Waals surface area contributed by atoms with Crippen molar-refractivity contribution in [1.82, 2.24) is 4.98 Å². The number of fused-ring (bicyclic) bond motifs is 1. The number of hydrazone groups is 1. The van der Waals surface area contributed by atoms with E-state index in [9.17, 15) is 4.79 Å². The molecule has 0 spiro atoms. The summed E-state index contributed by atoms with van der Waals surface area (Å²) in [7, 11) is 0. The Kier molecular flexibility index (Phi) is 12.5. The van der Waals surface area contributed by atoms with Gasteiger partial charge in [-0.05, 0) is 103 Å². The van der Waals surface area contributed by atoms with E-state index < -0.39 is 5.97 Å². The first-order chi connectivity index (χ1) is 23.5. The number of hydrogen-bond donors (Lipinski definition) is 2. The minimum Gasteiger partial charge on any atom is -0.494 e. The van der Waals surface area contributed by atoms with Gasteiger partial charge in [0.25, 0.3) is 0 Å². The van der Waals surface area contributed by atoms with Gasteiger partial charge in [-0.25, -0.2) is 9.78 Å². The lowest BCUT2D eigenvalue weighted by Gasteiger charge is -2.11. The number of para-hydroxylation sites is 1. The zero-order chi connectivity index (χ0) is 33.6. The molecule has 2 N–H and O–H groups in total. The van der Waals surface area contributed by atoms with Gasteiger partial charge in [0.15, 0.2) is 0 Å². The Morgan fingerprint density at radius 2 is 1.69 bits per heavy atom. The van der Waals surface area contributed by atoms with Gasteiger partial charge < -0.3 is 14.2 Å². The average Bonchev–Trinajstić information content (AvgIpc) is 3.53. The Morgan fingerprint density at radius 1 is 0.938 bits per heavy atom. The number of carbonyl (C=O) groups excluding carboxylic acids is 1. The molecule has 5 aromatic rings. The van der Waals surface area contributed by atoms with Crippen molar-refractivity contribution in [3.63, 3.8) is 0 Å². The largest absolute Gasteiger partial charge is 0.494 e. The zero-order valence-electron chi connectivity index (χ0n) is 27.1. The average molecular weight is 661 g/mol. The molecule has 1 aromatic heterocycles. The van der Waals surface area contributed by atoms with Crippen LogP contribution in [0, 0.1) is 5.41 Å². The van der Waals surface area contributed by atoms with E-state index in [0.29, 0.717) is 41.0 Å². The molecule has 0 aliphatic rings. The first kappa shape index (κ1) is 34.1. The minimum absolute atomic E-state index is 0.107. The second-order valence-electron chi connectivity index (χ2n) is 11.1. The smallest absolute Gasteiger partial charge is 0.343 e. The van der Waals surface area contributed by atoms with Crippen molar-refractivity contribution in [2.24, 2.45) is 5.10 Å². The minimum atomic E-state index is -0.473. The van der Waals surface area contributed by atoms with Crippen molar-refractivity contribution in [2.75, 3.05) is 18.6 Å². The van der Waals surface area contributed by atoms with Crippen molar-refractivity contribution in [3.8, 4) is 22.6 Å². The third kappa shape index (κ3) is 9.86. The van der Waals surface area contributed by atoms with E-state index in [4.69, 9.17) is 19.6 Å². The van der Waals surface area contributed by atoms with Gasteiger partial charge in [0.1, 0.15) is 11.5 Å². The van der Waals surface area contributed by atoms with Crippen LogP contribution < -0.4 is 14.9 Å². The van der Waals surface area contributed by atoms with Crippen molar-refractivity contribution in [3.05, 3.63) is 120 Å². The standard InChI is InChI=1S/C39H40N4O4S/c1-3-11-28-14-16-29(17-15-28)31-20-23-35(32(26-31)27-41-43-39-42-34-12-7-8-13-36(34)48-39)47-38(44)30-18-21-33(22-19-30)45-24-9-5-6-10-25-46-37(40)4-2/h4,7-8,12-23,26-27,40H,2-3,5-6,9-11,24-25H2,1H3,(H,42,43)/b40-37?,41-27+. The molecule has 1 heterocycles. The number of anilines is 1. The van der Waals surface area contributed by atoms with E-state index in [-0.39, 0.29) is 5.90 Å². The van der Waals surface area contributed by atoms with Crippen LogP contribution in [0.25, 0.3) is 21.3 Å². The maximum atomic E-state index is 13.2. The van der Waals surface area contributed by atoms with Gasteiger partial charge in [-0.3, -0.25) is 10.8 Å². The van der Waals surface area contributed by atoms with Crippen LogP contribution in [0.15, 0.2) is 109 Å². The first-order valence-corrected chi connectivity index (χ1v) is 17.0. The summed E-state index contributed by atoms with van der Waals surface area (Å²) in [5, 5.41) is 12.5. The van der Waals surface area contributed by atoms with Gasteiger partial charge in [-0.2, -0.15) is 5.10 Å². The number of ether oxygens (including phenoxy) is 3. The van der Waals surface area contributed by atoms with E-state index in [1.807, 2.05) is 36.4 Å². The summed E-state index contributed by atoms with van der Waals surface area (Å²) in [4.78, 5) is 17.8. The normalized spacial score (nSPS) is 11.0. The Morgan fingerprint density at radius 3 is 2.44 bits per heavy atom. The number of thiazole rings is 1. The zero-order valence-corrected chi connectivity index (χ0v) is 27.9. The molecule has 0 radical (unpaired) electrons. The monoisotopic (exact) mass is 660 g/mol. The molecule has 8 nitrogen and oxygen atoms in total. The molecule has 9 heteroatoms. The first-order valence-electron chi connectivity index (χ1n) is 16.2. The van der Waals surface area contributed by atoms with Gasteiger partial charge in [0, 0.05) is 5.56 Å². The van der Waals surface area contributed by atoms with Crippen LogP contribution in [0.2, 0.25) is 0 Å². The van der Waals surface area contributed by atoms with E-state index in [1.165, 1.54) is 23.0 Å². The van der Waals surface area contributed by atoms with Crippen LogP contribution in [-0.4, -0.2) is 36.3 Å². The summed E-state index contributed by atoms with van der Waals surface area (Å²) in [6, 6.07) is 29.2. The molecule has 0 atom stereocenters. The number of unbranched alkanes of at least 4 members (excludes halogenated alkanes) is 3. The van der Waals surface area contributed by atoms with Gasteiger partial charge in [0.2, 0.25) is 11.0 Å². The number of esters is 1. The van der Waals surface area contributed by atoms with Crippen LogP contribution >= 0.6 is 11.3 Å². The Labute approximate surface area is 285 Å². The van der Waals surface area contributed by atoms with Crippen LogP contribution in [0.5, 0.6) is 11.5 Å². The van der Waals surface area contributed by atoms with Crippen molar-refractivity contribution in [2.45, 2.75) is 45.4 Å². The second kappa shape index (κ2) is 17.6. The Balaban J connectivity index is 1.22. The van der Waals surface area contributed by atoms with Crippen LogP contribution in [0.4, 0.5) is 5.13 Å². The van der Waals surface area contributed by atoms with Gasteiger partial charge in [0.05, 0.1) is 35.2 Å². The molecule has 0 bridgehead atoms. The van der Waals surface area contributed by atoms with Gasteiger partial charge in [-0.1, -0.05) is 73.7 Å². The highest BCUT2D eigenvalue weighted by Crippen LogP contribution is 2.29. The highest BCUT2D eigenvalue weighted by Gasteiger charge is 2.13. The quantitative estimate of drug-likeness (QED) is 0.0257. The summed E-state index contributed by atoms with van der Waals surface area (Å²) in [5.41, 5.74) is 8.35. The van der Waals surface area contributed by atoms with Crippen molar-refractivity contribution >= 4 is 44.8 Å². The van der Waals surface area contributed by atoms with E-state index in [0.717, 1.165) is 59.9 Å². The molecule has 0 aliphatic heterocycles. The van der Waals surface area contributed by atoms with Crippen LogP contribution in [0.3, 0.4) is 0 Å². The van der Waals surface area contributed by atoms with Gasteiger partial charge >= 0.3 is 5.97 Å². The molecular formula is C39H40N4O4S. The third-order valence-corrected chi connectivity index (χ3v) is 8.48. The molecule has 246 valence electrons. The molecule has 4 aromatic carbocycles. The molecule has 5 rings (SSSR count). The molecule has 0 fully saturated rings. The molecular weight excluding hydrogens is 621 g/mol. The predicted molar refractivity (Wildman–Crippen MR) is 196 cm³/mol.